The average Bonchev–Trinajstić information content (AvgIpc) is 2.20. The third-order valence-corrected chi connectivity index (χ3v) is 1.64. The molecule has 0 spiro atoms. The molecule has 16 heavy (non-hydrogen) atoms. The van der Waals surface area contributed by atoms with E-state index in [2.05, 4.69) is 19.1 Å². The highest BCUT2D eigenvalue weighted by molar-refractivity contribution is 5.91. The molecule has 0 amide bonds. The largest absolute Gasteiger partial charge is 0.478 e. The minimum absolute atomic E-state index is 0.0450. The smallest absolute Gasteiger partial charge is 0.382 e. The number of carbonyl (C=O) groups is 2. The second-order valence-electron chi connectivity index (χ2n) is 2.80. The van der Waals surface area contributed by atoms with Crippen molar-refractivity contribution in [2.75, 3.05) is 0 Å². The molecule has 0 aromatic carbocycles. The highest BCUT2D eigenvalue weighted by Crippen LogP contribution is 2.13. The van der Waals surface area contributed by atoms with Gasteiger partial charge in [0.2, 0.25) is 0 Å². The molecule has 0 aliphatic carbocycles. The molecule has 0 aromatic heterocycles. The molecular weight excluding hydrogens is 208 g/mol. The van der Waals surface area contributed by atoms with E-state index in [4.69, 9.17) is 10.2 Å². The lowest BCUT2D eigenvalue weighted by molar-refractivity contribution is -0.133. The van der Waals surface area contributed by atoms with Gasteiger partial charge in [-0.15, -0.1) is 13.2 Å². The number of hydrogen-bond acceptors (Lipinski definition) is 2. The quantitative estimate of drug-likeness (QED) is 0.419. The third-order valence-electron chi connectivity index (χ3n) is 1.64. The van der Waals surface area contributed by atoms with Crippen LogP contribution >= 0.6 is 0 Å². The lowest BCUT2D eigenvalue weighted by Crippen LogP contribution is -2.03. The van der Waals surface area contributed by atoms with E-state index in [-0.39, 0.29) is 24.0 Å². The zero-order valence-corrected chi connectivity index (χ0v) is 8.69. The van der Waals surface area contributed by atoms with Crippen molar-refractivity contribution < 1.29 is 19.8 Å². The lowest BCUT2D eigenvalue weighted by atomic mass is 10.0. The summed E-state index contributed by atoms with van der Waals surface area (Å²) in [7, 11) is 0. The highest BCUT2D eigenvalue weighted by atomic mass is 16.4. The van der Waals surface area contributed by atoms with Crippen LogP contribution < -0.4 is 0 Å². The molecule has 84 valence electrons. The summed E-state index contributed by atoms with van der Waals surface area (Å²) in [5.41, 5.74) is 0.286. The number of carboxylic acid groups (broad SMARTS) is 2. The number of aliphatic carboxylic acids is 2. The predicted octanol–water partition coefficient (Wildman–Crippen LogP) is 1.61. The van der Waals surface area contributed by atoms with Crippen LogP contribution in [0.3, 0.4) is 0 Å². The highest BCUT2D eigenvalue weighted by Gasteiger charge is 2.10. The summed E-state index contributed by atoms with van der Waals surface area (Å²) < 4.78 is 0. The van der Waals surface area contributed by atoms with Gasteiger partial charge in [0.25, 0.3) is 0 Å². The molecule has 0 bridgehead atoms. The van der Waals surface area contributed by atoms with Crippen molar-refractivity contribution >= 4 is 11.9 Å². The molecule has 2 N–H and O–H groups in total. The zero-order valence-electron chi connectivity index (χ0n) is 8.69. The maximum atomic E-state index is 10.9. The van der Waals surface area contributed by atoms with Gasteiger partial charge in [0.05, 0.1) is 5.57 Å². The van der Waals surface area contributed by atoms with E-state index >= 15 is 0 Å². The Kier molecular flexibility index (Phi) is 6.06. The number of carboxylic acids is 2. The normalized spacial score (nSPS) is 10.5. The van der Waals surface area contributed by atoms with Gasteiger partial charge < -0.3 is 10.2 Å². The van der Waals surface area contributed by atoms with Gasteiger partial charge >= 0.3 is 11.9 Å². The van der Waals surface area contributed by atoms with Gasteiger partial charge in [0.15, 0.2) is 0 Å². The molecule has 4 heteroatoms. The molecule has 0 fully saturated rings. The summed E-state index contributed by atoms with van der Waals surface area (Å²) in [4.78, 5) is 21.2. The lowest BCUT2D eigenvalue weighted by Gasteiger charge is -2.02. The molecule has 0 aliphatic heterocycles. The van der Waals surface area contributed by atoms with Crippen LogP contribution in [0.1, 0.15) is 12.8 Å². The van der Waals surface area contributed by atoms with E-state index in [1.54, 1.807) is 0 Å². The van der Waals surface area contributed by atoms with Crippen LogP contribution in [0.4, 0.5) is 0 Å². The maximum Gasteiger partial charge on any atom is 0.382 e. The molecule has 0 atom stereocenters. The number of hydrogen-bond donors (Lipinski definition) is 2. The van der Waals surface area contributed by atoms with Gasteiger partial charge in [-0.1, -0.05) is 18.1 Å². The average molecular weight is 220 g/mol. The van der Waals surface area contributed by atoms with Crippen molar-refractivity contribution in [2.45, 2.75) is 12.8 Å². The Morgan fingerprint density at radius 2 is 1.62 bits per heavy atom. The molecule has 0 rings (SSSR count). The standard InChI is InChI=1S/C12H12O4/c1-3-5-9(7-8-11(13)14)10(6-4-2)12(15)16/h3-4H,1-2,5-6H2,(H,13,14)(H,15,16). The van der Waals surface area contributed by atoms with Crippen molar-refractivity contribution in [2.24, 2.45) is 0 Å². The first kappa shape index (κ1) is 13.7. The number of rotatable bonds is 5. The first-order chi connectivity index (χ1) is 7.52. The summed E-state index contributed by atoms with van der Waals surface area (Å²) >= 11 is 0. The second-order valence-corrected chi connectivity index (χ2v) is 2.80. The molecule has 0 aromatic rings. The van der Waals surface area contributed by atoms with Gasteiger partial charge in [0, 0.05) is 11.5 Å². The molecular formula is C12H12O4. The minimum Gasteiger partial charge on any atom is -0.478 e. The van der Waals surface area contributed by atoms with Crippen molar-refractivity contribution in [3.8, 4) is 11.8 Å². The van der Waals surface area contributed by atoms with Crippen LogP contribution in [0, 0.1) is 11.8 Å². The predicted molar refractivity (Wildman–Crippen MR) is 59.7 cm³/mol. The van der Waals surface area contributed by atoms with Crippen molar-refractivity contribution in [3.05, 3.63) is 36.5 Å². The molecule has 4 nitrogen and oxygen atoms in total. The topological polar surface area (TPSA) is 74.6 Å². The molecule has 0 unspecified atom stereocenters. The summed E-state index contributed by atoms with van der Waals surface area (Å²) in [6, 6.07) is 0. The van der Waals surface area contributed by atoms with Crippen LogP contribution in [0.15, 0.2) is 36.5 Å². The van der Waals surface area contributed by atoms with Crippen molar-refractivity contribution in [3.63, 3.8) is 0 Å². The van der Waals surface area contributed by atoms with Gasteiger partial charge in [-0.2, -0.15) is 0 Å². The summed E-state index contributed by atoms with van der Waals surface area (Å²) in [6.45, 7) is 6.89. The van der Waals surface area contributed by atoms with E-state index in [1.165, 1.54) is 12.2 Å². The first-order valence-electron chi connectivity index (χ1n) is 4.45. The van der Waals surface area contributed by atoms with Gasteiger partial charge in [0.1, 0.15) is 0 Å². The number of allylic oxidation sites excluding steroid dienone is 3. The van der Waals surface area contributed by atoms with Crippen LogP contribution in [-0.2, 0) is 9.59 Å². The minimum atomic E-state index is -1.30. The maximum absolute atomic E-state index is 10.9. The monoisotopic (exact) mass is 220 g/mol. The molecule has 0 aliphatic rings. The molecule has 0 saturated heterocycles. The van der Waals surface area contributed by atoms with E-state index in [0.29, 0.717) is 0 Å². The SMILES string of the molecule is C=CCC(C#CC(=O)O)=C(CC=C)C(=O)O. The summed E-state index contributed by atoms with van der Waals surface area (Å²) in [6.07, 6.45) is 3.25. The van der Waals surface area contributed by atoms with Crippen molar-refractivity contribution in [1.82, 2.24) is 0 Å². The van der Waals surface area contributed by atoms with E-state index in [0.717, 1.165) is 0 Å². The van der Waals surface area contributed by atoms with E-state index < -0.39 is 11.9 Å². The third kappa shape index (κ3) is 4.82. The van der Waals surface area contributed by atoms with E-state index in [1.807, 2.05) is 5.92 Å². The zero-order chi connectivity index (χ0) is 12.6. The van der Waals surface area contributed by atoms with Crippen LogP contribution in [0.25, 0.3) is 0 Å². The summed E-state index contributed by atoms with van der Waals surface area (Å²) in [5.74, 6) is 1.77. The van der Waals surface area contributed by atoms with Crippen LogP contribution in [0.5, 0.6) is 0 Å². The Morgan fingerprint density at radius 1 is 1.06 bits per heavy atom. The Bertz CT molecular complexity index is 404. The Labute approximate surface area is 93.6 Å². The Morgan fingerprint density at radius 3 is 2.00 bits per heavy atom. The molecule has 0 heterocycles. The molecule has 0 saturated carbocycles. The summed E-state index contributed by atoms with van der Waals surface area (Å²) in [5, 5.41) is 17.3. The Balaban J connectivity index is 5.39. The van der Waals surface area contributed by atoms with Gasteiger partial charge in [-0.25, -0.2) is 9.59 Å². The van der Waals surface area contributed by atoms with Gasteiger partial charge in [-0.05, 0) is 12.8 Å². The fourth-order valence-corrected chi connectivity index (χ4v) is 1.01. The Hall–Kier alpha value is -2.28. The fourth-order valence-electron chi connectivity index (χ4n) is 1.01. The van der Waals surface area contributed by atoms with Gasteiger partial charge in [-0.3, -0.25) is 0 Å². The van der Waals surface area contributed by atoms with Crippen LogP contribution in [0.2, 0.25) is 0 Å². The van der Waals surface area contributed by atoms with Crippen molar-refractivity contribution in [1.29, 1.82) is 0 Å². The fraction of sp³-hybridized carbons (Fsp3) is 0.167. The first-order valence-corrected chi connectivity index (χ1v) is 4.45. The molecule has 0 radical (unpaired) electrons. The van der Waals surface area contributed by atoms with E-state index in [9.17, 15) is 9.59 Å². The van der Waals surface area contributed by atoms with Crippen LogP contribution in [-0.4, -0.2) is 22.2 Å². The second kappa shape index (κ2) is 7.07.